The van der Waals surface area contributed by atoms with Crippen molar-refractivity contribution in [3.05, 3.63) is 34.9 Å². The maximum atomic E-state index is 3.60. The maximum absolute atomic E-state index is 3.60. The van der Waals surface area contributed by atoms with Crippen LogP contribution in [0.2, 0.25) is 0 Å². The Morgan fingerprint density at radius 3 is 2.87 bits per heavy atom. The quantitative estimate of drug-likeness (QED) is 0.714. The lowest BCUT2D eigenvalue weighted by molar-refractivity contribution is 0.736. The minimum Gasteiger partial charge on any atom is -0.0894 e. The Bertz CT molecular complexity index is 328. The summed E-state index contributed by atoms with van der Waals surface area (Å²) in [6, 6.07) is 7.10. The predicted octanol–water partition coefficient (Wildman–Crippen LogP) is 4.28. The van der Waals surface area contributed by atoms with Gasteiger partial charge in [0, 0.05) is 4.83 Å². The molecule has 1 aromatic carbocycles. The van der Waals surface area contributed by atoms with Crippen molar-refractivity contribution in [3.63, 3.8) is 0 Å². The Labute approximate surface area is 101 Å². The van der Waals surface area contributed by atoms with Gasteiger partial charge >= 0.3 is 0 Å². The monoisotopic (exact) mass is 266 g/mol. The molecule has 82 valence electrons. The van der Waals surface area contributed by atoms with E-state index in [9.17, 15) is 0 Å². The molecule has 0 bridgehead atoms. The largest absolute Gasteiger partial charge is 0.0894 e. The van der Waals surface area contributed by atoms with Crippen LogP contribution < -0.4 is 0 Å². The first-order valence-corrected chi connectivity index (χ1v) is 6.92. The summed E-state index contributed by atoms with van der Waals surface area (Å²) in [5, 5.41) is 0. The second kappa shape index (κ2) is 5.16. The normalized spacial score (nSPS) is 16.4. The number of alkyl halides is 1. The topological polar surface area (TPSA) is 0 Å². The van der Waals surface area contributed by atoms with Crippen LogP contribution in [0.3, 0.4) is 0 Å². The van der Waals surface area contributed by atoms with E-state index in [1.807, 2.05) is 0 Å². The minimum atomic E-state index is 0.659. The van der Waals surface area contributed by atoms with Crippen molar-refractivity contribution < 1.29 is 0 Å². The number of rotatable bonds is 4. The second-order valence-electron chi connectivity index (χ2n) is 4.63. The molecule has 0 radical (unpaired) electrons. The van der Waals surface area contributed by atoms with Crippen LogP contribution >= 0.6 is 15.9 Å². The molecular weight excluding hydrogens is 248 g/mol. The molecule has 0 amide bonds. The van der Waals surface area contributed by atoms with Gasteiger partial charge in [0.1, 0.15) is 0 Å². The second-order valence-corrected chi connectivity index (χ2v) is 6.19. The third kappa shape index (κ3) is 3.07. The number of hydrogen-bond acceptors (Lipinski definition) is 0. The summed E-state index contributed by atoms with van der Waals surface area (Å²) in [6.45, 7) is 2.22. The molecule has 1 aromatic rings. The van der Waals surface area contributed by atoms with Crippen LogP contribution in [0.4, 0.5) is 0 Å². The number of fused-ring (bicyclic) bond motifs is 1. The molecule has 1 aliphatic carbocycles. The Balaban J connectivity index is 1.92. The van der Waals surface area contributed by atoms with Crippen molar-refractivity contribution in [2.45, 2.75) is 50.3 Å². The molecule has 0 saturated carbocycles. The molecule has 0 spiro atoms. The summed E-state index contributed by atoms with van der Waals surface area (Å²) in [5.41, 5.74) is 4.73. The first kappa shape index (κ1) is 11.2. The minimum absolute atomic E-state index is 0.659. The lowest BCUT2D eigenvalue weighted by Gasteiger charge is -2.06. The van der Waals surface area contributed by atoms with E-state index in [0.29, 0.717) is 4.83 Å². The Kier molecular flexibility index (Phi) is 3.85. The fourth-order valence-corrected chi connectivity index (χ4v) is 2.69. The van der Waals surface area contributed by atoms with Crippen molar-refractivity contribution in [1.82, 2.24) is 0 Å². The van der Waals surface area contributed by atoms with Gasteiger partial charge in [-0.25, -0.2) is 0 Å². The van der Waals surface area contributed by atoms with Crippen LogP contribution in [0.1, 0.15) is 42.9 Å². The molecule has 1 aliphatic rings. The molecule has 15 heavy (non-hydrogen) atoms. The van der Waals surface area contributed by atoms with Crippen LogP contribution in [0, 0.1) is 0 Å². The maximum Gasteiger partial charge on any atom is 0.0117 e. The summed E-state index contributed by atoms with van der Waals surface area (Å²) in [7, 11) is 0. The van der Waals surface area contributed by atoms with Gasteiger partial charge in [-0.3, -0.25) is 0 Å². The van der Waals surface area contributed by atoms with Gasteiger partial charge in [0.25, 0.3) is 0 Å². The number of hydrogen-bond donors (Lipinski definition) is 0. The first-order chi connectivity index (χ1) is 7.25. The highest BCUT2D eigenvalue weighted by molar-refractivity contribution is 9.09. The van der Waals surface area contributed by atoms with Gasteiger partial charge in [0.2, 0.25) is 0 Å². The van der Waals surface area contributed by atoms with Gasteiger partial charge < -0.3 is 0 Å². The van der Waals surface area contributed by atoms with E-state index >= 15 is 0 Å². The fraction of sp³-hybridized carbons (Fsp3) is 0.571. The van der Waals surface area contributed by atoms with Gasteiger partial charge in [-0.15, -0.1) is 0 Å². The van der Waals surface area contributed by atoms with Gasteiger partial charge in [-0.1, -0.05) is 41.1 Å². The van der Waals surface area contributed by atoms with Crippen LogP contribution in [0.25, 0.3) is 0 Å². The molecule has 1 heteroatoms. The molecule has 0 nitrogen and oxygen atoms in total. The van der Waals surface area contributed by atoms with Crippen LogP contribution in [0.5, 0.6) is 0 Å². The van der Waals surface area contributed by atoms with Gasteiger partial charge in [-0.05, 0) is 55.2 Å². The van der Waals surface area contributed by atoms with Crippen LogP contribution in [-0.4, -0.2) is 4.83 Å². The van der Waals surface area contributed by atoms with Crippen LogP contribution in [0.15, 0.2) is 18.2 Å². The van der Waals surface area contributed by atoms with Gasteiger partial charge in [0.05, 0.1) is 0 Å². The Hall–Kier alpha value is -0.300. The molecule has 1 atom stereocenters. The molecule has 0 fully saturated rings. The van der Waals surface area contributed by atoms with Gasteiger partial charge in [-0.2, -0.15) is 0 Å². The fourth-order valence-electron chi connectivity index (χ4n) is 2.37. The number of benzene rings is 1. The zero-order valence-corrected chi connectivity index (χ0v) is 11.0. The highest BCUT2D eigenvalue weighted by Crippen LogP contribution is 2.23. The van der Waals surface area contributed by atoms with E-state index < -0.39 is 0 Å². The van der Waals surface area contributed by atoms with E-state index in [-0.39, 0.29) is 0 Å². The van der Waals surface area contributed by atoms with Crippen molar-refractivity contribution in [1.29, 1.82) is 0 Å². The third-order valence-corrected chi connectivity index (χ3v) is 3.69. The lowest BCUT2D eigenvalue weighted by Crippen LogP contribution is -1.94. The molecular formula is C14H19Br. The lowest BCUT2D eigenvalue weighted by atomic mass is 10.0. The molecule has 0 aliphatic heterocycles. The molecule has 1 unspecified atom stereocenters. The standard InChI is InChI=1S/C14H19Br/c1-11(15)4-2-5-12-8-9-13-6-3-7-14(13)10-12/h8-11H,2-7H2,1H3. The highest BCUT2D eigenvalue weighted by atomic mass is 79.9. The number of halogens is 1. The summed E-state index contributed by atoms with van der Waals surface area (Å²) < 4.78 is 0. The average molecular weight is 267 g/mol. The van der Waals surface area contributed by atoms with E-state index in [2.05, 4.69) is 41.1 Å². The number of aryl methyl sites for hydroxylation is 3. The van der Waals surface area contributed by atoms with Crippen molar-refractivity contribution in [2.24, 2.45) is 0 Å². The summed E-state index contributed by atoms with van der Waals surface area (Å²) in [6.07, 6.45) is 7.77. The summed E-state index contributed by atoms with van der Waals surface area (Å²) in [5.74, 6) is 0. The summed E-state index contributed by atoms with van der Waals surface area (Å²) >= 11 is 3.60. The molecule has 0 N–H and O–H groups in total. The van der Waals surface area contributed by atoms with E-state index in [0.717, 1.165) is 0 Å². The SMILES string of the molecule is CC(Br)CCCc1ccc2c(c1)CCC2. The molecule has 0 saturated heterocycles. The van der Waals surface area contributed by atoms with E-state index in [4.69, 9.17) is 0 Å². The van der Waals surface area contributed by atoms with Crippen molar-refractivity contribution >= 4 is 15.9 Å². The average Bonchev–Trinajstić information content (AvgIpc) is 2.64. The van der Waals surface area contributed by atoms with E-state index in [1.165, 1.54) is 44.1 Å². The zero-order valence-electron chi connectivity index (χ0n) is 9.43. The molecule has 2 rings (SSSR count). The van der Waals surface area contributed by atoms with Crippen molar-refractivity contribution in [3.8, 4) is 0 Å². The summed E-state index contributed by atoms with van der Waals surface area (Å²) in [4.78, 5) is 0.659. The third-order valence-electron chi connectivity index (χ3n) is 3.23. The van der Waals surface area contributed by atoms with Crippen molar-refractivity contribution in [2.75, 3.05) is 0 Å². The molecule has 0 aromatic heterocycles. The first-order valence-electron chi connectivity index (χ1n) is 6.00. The van der Waals surface area contributed by atoms with Crippen LogP contribution in [-0.2, 0) is 19.3 Å². The Morgan fingerprint density at radius 2 is 2.07 bits per heavy atom. The zero-order chi connectivity index (χ0) is 10.7. The smallest absolute Gasteiger partial charge is 0.0117 e. The van der Waals surface area contributed by atoms with Gasteiger partial charge in [0.15, 0.2) is 0 Å². The molecule has 0 heterocycles. The Morgan fingerprint density at radius 1 is 1.27 bits per heavy atom. The highest BCUT2D eigenvalue weighted by Gasteiger charge is 2.10. The van der Waals surface area contributed by atoms with E-state index in [1.54, 1.807) is 11.1 Å². The predicted molar refractivity (Wildman–Crippen MR) is 69.8 cm³/mol.